The van der Waals surface area contributed by atoms with Gasteiger partial charge in [0, 0.05) is 28.1 Å². The first-order chi connectivity index (χ1) is 14.5. The zero-order chi connectivity index (χ0) is 20.8. The van der Waals surface area contributed by atoms with Crippen LogP contribution in [0.15, 0.2) is 76.4 Å². The Kier molecular flexibility index (Phi) is 4.25. The fourth-order valence-corrected chi connectivity index (χ4v) is 3.72. The third-order valence-corrected chi connectivity index (χ3v) is 5.36. The Morgan fingerprint density at radius 3 is 2.70 bits per heavy atom. The van der Waals surface area contributed by atoms with Gasteiger partial charge in [-0.3, -0.25) is 14.7 Å². The highest BCUT2D eigenvalue weighted by Crippen LogP contribution is 2.22. The van der Waals surface area contributed by atoms with E-state index in [1.807, 2.05) is 30.3 Å². The number of nitrogens with zero attached hydrogens (tertiary/aromatic N) is 4. The number of nitrogens with one attached hydrogen (secondary N) is 1. The Morgan fingerprint density at radius 2 is 1.87 bits per heavy atom. The molecule has 0 fully saturated rings. The molecule has 0 aliphatic carbocycles. The molecular weight excluding hydrogens is 402 g/mol. The summed E-state index contributed by atoms with van der Waals surface area (Å²) in [6.07, 6.45) is 1.65. The lowest BCUT2D eigenvalue weighted by molar-refractivity contribution is 0.524. The molecule has 0 amide bonds. The van der Waals surface area contributed by atoms with Gasteiger partial charge in [0.15, 0.2) is 5.65 Å². The van der Waals surface area contributed by atoms with Crippen molar-refractivity contribution in [1.82, 2.24) is 24.4 Å². The summed E-state index contributed by atoms with van der Waals surface area (Å²) >= 11 is 6.08. The summed E-state index contributed by atoms with van der Waals surface area (Å²) in [5.41, 5.74) is 1.97. The lowest BCUT2D eigenvalue weighted by Crippen LogP contribution is -2.28. The van der Waals surface area contributed by atoms with E-state index in [1.54, 1.807) is 37.4 Å². The summed E-state index contributed by atoms with van der Waals surface area (Å²) in [5.74, 6) is 0. The molecule has 1 atom stereocenters. The maximum atomic E-state index is 12.9. The van der Waals surface area contributed by atoms with Gasteiger partial charge in [-0.15, -0.1) is 0 Å². The SMILES string of the molecule is CC(c1cc(=O)n2[nH]c(-c3cccc(Cl)c3)cc2n1)n1ncc2ccccc2c1=O. The van der Waals surface area contributed by atoms with E-state index in [4.69, 9.17) is 11.6 Å². The smallest absolute Gasteiger partial charge is 0.275 e. The molecule has 5 aromatic rings. The number of benzene rings is 2. The third kappa shape index (κ3) is 3.00. The zero-order valence-corrected chi connectivity index (χ0v) is 16.7. The topological polar surface area (TPSA) is 85.0 Å². The summed E-state index contributed by atoms with van der Waals surface area (Å²) in [4.78, 5) is 30.2. The van der Waals surface area contributed by atoms with Crippen LogP contribution in [-0.4, -0.2) is 24.4 Å². The Morgan fingerprint density at radius 1 is 1.03 bits per heavy atom. The predicted molar refractivity (Wildman–Crippen MR) is 116 cm³/mol. The van der Waals surface area contributed by atoms with Crippen LogP contribution in [-0.2, 0) is 0 Å². The number of hydrogen-bond donors (Lipinski definition) is 1. The number of rotatable bonds is 3. The van der Waals surface area contributed by atoms with Gasteiger partial charge in [-0.1, -0.05) is 41.9 Å². The van der Waals surface area contributed by atoms with Gasteiger partial charge in [-0.05, 0) is 25.1 Å². The maximum absolute atomic E-state index is 12.9. The standard InChI is InChI=1S/C22H16ClN5O2/c1-13(27-22(30)17-8-3-2-5-15(17)12-24-27)18-11-21(29)28-20(25-18)10-19(26-28)14-6-4-7-16(23)9-14/h2-13,26H,1H3. The molecule has 30 heavy (non-hydrogen) atoms. The highest BCUT2D eigenvalue weighted by Gasteiger charge is 2.17. The lowest BCUT2D eigenvalue weighted by Gasteiger charge is -2.13. The van der Waals surface area contributed by atoms with Crippen molar-refractivity contribution >= 4 is 28.0 Å². The quantitative estimate of drug-likeness (QED) is 0.485. The van der Waals surface area contributed by atoms with Crippen LogP contribution < -0.4 is 11.1 Å². The third-order valence-electron chi connectivity index (χ3n) is 5.12. The molecule has 0 aliphatic heterocycles. The van der Waals surface area contributed by atoms with Crippen molar-refractivity contribution in [2.45, 2.75) is 13.0 Å². The van der Waals surface area contributed by atoms with Crippen LogP contribution in [0, 0.1) is 0 Å². The predicted octanol–water partition coefficient (Wildman–Crippen LogP) is 3.66. The maximum Gasteiger partial charge on any atom is 0.275 e. The Bertz CT molecular complexity index is 1530. The van der Waals surface area contributed by atoms with Gasteiger partial charge in [-0.25, -0.2) is 14.2 Å². The van der Waals surface area contributed by atoms with Crippen LogP contribution >= 0.6 is 11.6 Å². The summed E-state index contributed by atoms with van der Waals surface area (Å²) in [6.45, 7) is 1.80. The van der Waals surface area contributed by atoms with Crippen molar-refractivity contribution in [1.29, 1.82) is 0 Å². The van der Waals surface area contributed by atoms with E-state index in [1.165, 1.54) is 15.3 Å². The van der Waals surface area contributed by atoms with E-state index < -0.39 is 6.04 Å². The number of hydrogen-bond acceptors (Lipinski definition) is 4. The molecule has 0 aliphatic rings. The minimum atomic E-state index is -0.510. The molecule has 0 bridgehead atoms. The molecule has 1 N–H and O–H groups in total. The van der Waals surface area contributed by atoms with Crippen LogP contribution in [0.3, 0.4) is 0 Å². The monoisotopic (exact) mass is 417 g/mol. The molecule has 7 nitrogen and oxygen atoms in total. The van der Waals surface area contributed by atoms with E-state index in [0.717, 1.165) is 10.9 Å². The molecule has 3 aromatic heterocycles. The Labute approximate surface area is 175 Å². The Hall–Kier alpha value is -3.71. The second kappa shape index (κ2) is 6.96. The first-order valence-electron chi connectivity index (χ1n) is 9.36. The average molecular weight is 418 g/mol. The fourth-order valence-electron chi connectivity index (χ4n) is 3.53. The van der Waals surface area contributed by atoms with Crippen LogP contribution in [0.2, 0.25) is 5.02 Å². The molecule has 148 valence electrons. The van der Waals surface area contributed by atoms with Gasteiger partial charge < -0.3 is 0 Å². The van der Waals surface area contributed by atoms with Crippen LogP contribution in [0.1, 0.15) is 18.7 Å². The molecule has 0 spiro atoms. The highest BCUT2D eigenvalue weighted by molar-refractivity contribution is 6.30. The van der Waals surface area contributed by atoms with Gasteiger partial charge in [0.25, 0.3) is 11.1 Å². The highest BCUT2D eigenvalue weighted by atomic mass is 35.5. The molecule has 0 saturated carbocycles. The Balaban J connectivity index is 1.62. The van der Waals surface area contributed by atoms with E-state index in [2.05, 4.69) is 15.2 Å². The van der Waals surface area contributed by atoms with Crippen molar-refractivity contribution in [2.75, 3.05) is 0 Å². The van der Waals surface area contributed by atoms with Crippen molar-refractivity contribution in [3.63, 3.8) is 0 Å². The molecule has 3 heterocycles. The summed E-state index contributed by atoms with van der Waals surface area (Å²) in [6, 6.07) is 17.3. The van der Waals surface area contributed by atoms with Crippen molar-refractivity contribution < 1.29 is 0 Å². The zero-order valence-electron chi connectivity index (χ0n) is 15.9. The minimum absolute atomic E-state index is 0.226. The van der Waals surface area contributed by atoms with E-state index in [9.17, 15) is 9.59 Å². The second-order valence-corrected chi connectivity index (χ2v) is 7.49. The van der Waals surface area contributed by atoms with E-state index in [0.29, 0.717) is 27.4 Å². The largest absolute Gasteiger partial charge is 0.289 e. The number of aromatic amines is 1. The molecule has 8 heteroatoms. The average Bonchev–Trinajstić information content (AvgIpc) is 3.19. The molecule has 0 radical (unpaired) electrons. The van der Waals surface area contributed by atoms with Crippen molar-refractivity contribution in [3.05, 3.63) is 98.3 Å². The minimum Gasteiger partial charge on any atom is -0.289 e. The first kappa shape index (κ1) is 18.3. The number of fused-ring (bicyclic) bond motifs is 2. The van der Waals surface area contributed by atoms with Gasteiger partial charge in [0.05, 0.1) is 29.0 Å². The fraction of sp³-hybridized carbons (Fsp3) is 0.0909. The number of H-pyrrole nitrogens is 1. The molecular formula is C22H16ClN5O2. The van der Waals surface area contributed by atoms with Gasteiger partial charge >= 0.3 is 0 Å². The van der Waals surface area contributed by atoms with E-state index >= 15 is 0 Å². The second-order valence-electron chi connectivity index (χ2n) is 7.05. The molecule has 5 rings (SSSR count). The van der Waals surface area contributed by atoms with Crippen molar-refractivity contribution in [3.8, 4) is 11.3 Å². The van der Waals surface area contributed by atoms with E-state index in [-0.39, 0.29) is 11.1 Å². The van der Waals surface area contributed by atoms with Gasteiger partial charge in [0.2, 0.25) is 0 Å². The summed E-state index contributed by atoms with van der Waals surface area (Å²) < 4.78 is 2.72. The first-order valence-corrected chi connectivity index (χ1v) is 9.74. The normalized spacial score (nSPS) is 12.5. The van der Waals surface area contributed by atoms with Crippen molar-refractivity contribution in [2.24, 2.45) is 0 Å². The molecule has 1 unspecified atom stereocenters. The van der Waals surface area contributed by atoms with Gasteiger partial charge in [0.1, 0.15) is 0 Å². The molecule has 0 saturated heterocycles. The summed E-state index contributed by atoms with van der Waals surface area (Å²) in [7, 11) is 0. The lowest BCUT2D eigenvalue weighted by atomic mass is 10.1. The van der Waals surface area contributed by atoms with Gasteiger partial charge in [-0.2, -0.15) is 5.10 Å². The van der Waals surface area contributed by atoms with Crippen LogP contribution in [0.4, 0.5) is 0 Å². The van der Waals surface area contributed by atoms with Crippen LogP contribution in [0.5, 0.6) is 0 Å². The number of halogens is 1. The number of aromatic nitrogens is 5. The molecule has 2 aromatic carbocycles. The summed E-state index contributed by atoms with van der Waals surface area (Å²) in [5, 5.41) is 9.28. The van der Waals surface area contributed by atoms with Crippen LogP contribution in [0.25, 0.3) is 27.7 Å².